The van der Waals surface area contributed by atoms with Gasteiger partial charge in [-0.2, -0.15) is 0 Å². The molecule has 2 amide bonds. The molecule has 27 heavy (non-hydrogen) atoms. The van der Waals surface area contributed by atoms with E-state index in [9.17, 15) is 9.59 Å². The third-order valence-corrected chi connectivity index (χ3v) is 5.68. The Morgan fingerprint density at radius 3 is 1.89 bits per heavy atom. The summed E-state index contributed by atoms with van der Waals surface area (Å²) in [7, 11) is 0. The van der Waals surface area contributed by atoms with Crippen molar-refractivity contribution in [3.63, 3.8) is 0 Å². The molecule has 0 aromatic heterocycles. The zero-order valence-corrected chi connectivity index (χ0v) is 17.4. The molecule has 10 heteroatoms. The number of morpholine rings is 1. The molecule has 3 rings (SSSR count). The van der Waals surface area contributed by atoms with Crippen molar-refractivity contribution in [1.29, 1.82) is 0 Å². The van der Waals surface area contributed by atoms with Gasteiger partial charge in [-0.1, -0.05) is 0 Å². The summed E-state index contributed by atoms with van der Waals surface area (Å²) in [4.78, 5) is 31.3. The van der Waals surface area contributed by atoms with Crippen LogP contribution in [0.3, 0.4) is 0 Å². The van der Waals surface area contributed by atoms with Crippen LogP contribution in [0, 0.1) is 5.41 Å². The zero-order chi connectivity index (χ0) is 17.7. The molecule has 3 fully saturated rings. The van der Waals surface area contributed by atoms with Crippen LogP contribution in [0.25, 0.3) is 0 Å². The Balaban J connectivity index is 0.00000182. The van der Waals surface area contributed by atoms with Gasteiger partial charge in [-0.15, -0.1) is 24.8 Å². The fourth-order valence-electron chi connectivity index (χ4n) is 3.81. The molecule has 0 radical (unpaired) electrons. The standard InChI is InChI=1S/C17H30N4O4.2ClH/c18-14-17(1-9-24-10-2-17)16(23)21-5-3-20(4-6-21)15(22)13-19-7-11-25-12-8-19;;/h1-14,18H2;2*1H. The van der Waals surface area contributed by atoms with E-state index in [1.165, 1.54) is 0 Å². The van der Waals surface area contributed by atoms with Crippen molar-refractivity contribution in [2.45, 2.75) is 12.8 Å². The van der Waals surface area contributed by atoms with Gasteiger partial charge in [0.2, 0.25) is 11.8 Å². The predicted molar refractivity (Wildman–Crippen MR) is 106 cm³/mol. The number of halogens is 2. The molecule has 0 aromatic carbocycles. The van der Waals surface area contributed by atoms with Gasteiger partial charge in [-0.05, 0) is 12.8 Å². The quantitative estimate of drug-likeness (QED) is 0.657. The van der Waals surface area contributed by atoms with Crippen LogP contribution in [0.1, 0.15) is 12.8 Å². The fraction of sp³-hybridized carbons (Fsp3) is 0.882. The average molecular weight is 427 g/mol. The number of hydrogen-bond donors (Lipinski definition) is 1. The minimum atomic E-state index is -0.474. The van der Waals surface area contributed by atoms with Crippen molar-refractivity contribution in [3.05, 3.63) is 0 Å². The maximum Gasteiger partial charge on any atom is 0.236 e. The van der Waals surface area contributed by atoms with Gasteiger partial charge < -0.3 is 25.0 Å². The zero-order valence-electron chi connectivity index (χ0n) is 15.8. The van der Waals surface area contributed by atoms with Gasteiger partial charge in [0.25, 0.3) is 0 Å². The topological polar surface area (TPSA) is 88.3 Å². The van der Waals surface area contributed by atoms with Gasteiger partial charge in [-0.25, -0.2) is 0 Å². The SMILES string of the molecule is Cl.Cl.NCC1(C(=O)N2CCN(C(=O)CN3CCOCC3)CC2)CCOCC1. The van der Waals surface area contributed by atoms with Crippen LogP contribution in [0.4, 0.5) is 0 Å². The van der Waals surface area contributed by atoms with Crippen molar-refractivity contribution in [2.24, 2.45) is 11.1 Å². The number of carbonyl (C=O) groups excluding carboxylic acids is 2. The molecule has 0 bridgehead atoms. The van der Waals surface area contributed by atoms with Crippen LogP contribution < -0.4 is 5.73 Å². The largest absolute Gasteiger partial charge is 0.381 e. The molecular formula is C17H32Cl2N4O4. The number of piperazine rings is 1. The number of carbonyl (C=O) groups is 2. The third-order valence-electron chi connectivity index (χ3n) is 5.68. The Kier molecular flexibility index (Phi) is 10.3. The summed E-state index contributed by atoms with van der Waals surface area (Å²) in [6.45, 7) is 7.41. The van der Waals surface area contributed by atoms with Gasteiger partial charge in [0.1, 0.15) is 0 Å². The molecule has 3 heterocycles. The van der Waals surface area contributed by atoms with Crippen LogP contribution in [0.15, 0.2) is 0 Å². The van der Waals surface area contributed by atoms with E-state index in [-0.39, 0.29) is 36.6 Å². The highest BCUT2D eigenvalue weighted by atomic mass is 35.5. The van der Waals surface area contributed by atoms with Crippen molar-refractivity contribution in [2.75, 3.05) is 78.8 Å². The van der Waals surface area contributed by atoms with Gasteiger partial charge in [0.05, 0.1) is 25.2 Å². The lowest BCUT2D eigenvalue weighted by Gasteiger charge is -2.42. The van der Waals surface area contributed by atoms with E-state index in [2.05, 4.69) is 4.90 Å². The maximum atomic E-state index is 13.0. The molecule has 0 unspecified atom stereocenters. The minimum Gasteiger partial charge on any atom is -0.381 e. The summed E-state index contributed by atoms with van der Waals surface area (Å²) in [5, 5.41) is 0. The van der Waals surface area contributed by atoms with E-state index in [1.54, 1.807) is 0 Å². The number of amides is 2. The van der Waals surface area contributed by atoms with E-state index in [0.29, 0.717) is 78.5 Å². The summed E-state index contributed by atoms with van der Waals surface area (Å²) >= 11 is 0. The summed E-state index contributed by atoms with van der Waals surface area (Å²) in [5.41, 5.74) is 5.47. The van der Waals surface area contributed by atoms with E-state index < -0.39 is 5.41 Å². The Hall–Kier alpha value is -0.640. The lowest BCUT2D eigenvalue weighted by atomic mass is 9.78. The summed E-state index contributed by atoms with van der Waals surface area (Å²) < 4.78 is 10.7. The van der Waals surface area contributed by atoms with Crippen LogP contribution in [-0.4, -0.2) is 105 Å². The highest BCUT2D eigenvalue weighted by Crippen LogP contribution is 2.32. The molecule has 3 aliphatic heterocycles. The van der Waals surface area contributed by atoms with E-state index in [0.717, 1.165) is 13.1 Å². The normalized spacial score (nSPS) is 23.1. The molecule has 158 valence electrons. The first-order chi connectivity index (χ1) is 12.1. The van der Waals surface area contributed by atoms with Crippen LogP contribution >= 0.6 is 24.8 Å². The number of ether oxygens (including phenoxy) is 2. The van der Waals surface area contributed by atoms with Crippen LogP contribution in [-0.2, 0) is 19.1 Å². The van der Waals surface area contributed by atoms with E-state index >= 15 is 0 Å². The molecule has 8 nitrogen and oxygen atoms in total. The van der Waals surface area contributed by atoms with E-state index in [4.69, 9.17) is 15.2 Å². The number of hydrogen-bond acceptors (Lipinski definition) is 6. The molecule has 0 atom stereocenters. The third kappa shape index (κ3) is 5.92. The second-order valence-electron chi connectivity index (χ2n) is 7.16. The highest BCUT2D eigenvalue weighted by Gasteiger charge is 2.42. The first kappa shape index (κ1) is 24.4. The summed E-state index contributed by atoms with van der Waals surface area (Å²) in [6, 6.07) is 0. The minimum absolute atomic E-state index is 0. The van der Waals surface area contributed by atoms with Gasteiger partial charge in [-0.3, -0.25) is 14.5 Å². The molecule has 0 saturated carbocycles. The molecule has 2 N–H and O–H groups in total. The fourth-order valence-corrected chi connectivity index (χ4v) is 3.81. The molecule has 3 saturated heterocycles. The second kappa shape index (κ2) is 11.4. The van der Waals surface area contributed by atoms with E-state index in [1.807, 2.05) is 9.80 Å². The number of nitrogens with two attached hydrogens (primary N) is 1. The Labute approximate surface area is 173 Å². The second-order valence-corrected chi connectivity index (χ2v) is 7.16. The van der Waals surface area contributed by atoms with Gasteiger partial charge in [0.15, 0.2) is 0 Å². The van der Waals surface area contributed by atoms with Gasteiger partial charge in [0, 0.05) is 59.0 Å². The first-order valence-electron chi connectivity index (χ1n) is 9.30. The van der Waals surface area contributed by atoms with Gasteiger partial charge >= 0.3 is 0 Å². The smallest absolute Gasteiger partial charge is 0.236 e. The lowest BCUT2D eigenvalue weighted by Crippen LogP contribution is -2.58. The summed E-state index contributed by atoms with van der Waals surface area (Å²) in [5.74, 6) is 0.284. The van der Waals surface area contributed by atoms with Crippen LogP contribution in [0.5, 0.6) is 0 Å². The summed E-state index contributed by atoms with van der Waals surface area (Å²) in [6.07, 6.45) is 1.39. The van der Waals surface area contributed by atoms with Crippen molar-refractivity contribution in [1.82, 2.24) is 14.7 Å². The van der Waals surface area contributed by atoms with Crippen molar-refractivity contribution < 1.29 is 19.1 Å². The molecule has 0 spiro atoms. The van der Waals surface area contributed by atoms with Crippen molar-refractivity contribution in [3.8, 4) is 0 Å². The monoisotopic (exact) mass is 426 g/mol. The molecule has 0 aliphatic carbocycles. The Bertz CT molecular complexity index is 478. The molecule has 0 aromatic rings. The number of rotatable bonds is 4. The highest BCUT2D eigenvalue weighted by molar-refractivity contribution is 5.86. The molecular weight excluding hydrogens is 395 g/mol. The predicted octanol–water partition coefficient (Wildman–Crippen LogP) is -0.411. The average Bonchev–Trinajstić information content (AvgIpc) is 2.69. The van der Waals surface area contributed by atoms with Crippen molar-refractivity contribution >= 4 is 36.6 Å². The first-order valence-corrected chi connectivity index (χ1v) is 9.30. The lowest BCUT2D eigenvalue weighted by molar-refractivity contribution is -0.151. The number of nitrogens with zero attached hydrogens (tertiary/aromatic N) is 3. The molecule has 3 aliphatic rings. The Morgan fingerprint density at radius 1 is 0.815 bits per heavy atom. The van der Waals surface area contributed by atoms with Crippen LogP contribution in [0.2, 0.25) is 0 Å². The maximum absolute atomic E-state index is 13.0. The Morgan fingerprint density at radius 2 is 1.33 bits per heavy atom.